The van der Waals surface area contributed by atoms with Crippen molar-refractivity contribution in [3.8, 4) is 0 Å². The van der Waals surface area contributed by atoms with E-state index in [0.29, 0.717) is 24.1 Å². The van der Waals surface area contributed by atoms with Crippen LogP contribution >= 0.6 is 11.6 Å². The van der Waals surface area contributed by atoms with Gasteiger partial charge in [-0.15, -0.1) is 6.58 Å². The number of aromatic nitrogens is 4. The molecule has 3 rings (SSSR count). The van der Waals surface area contributed by atoms with Crippen LogP contribution in [0.3, 0.4) is 0 Å². The summed E-state index contributed by atoms with van der Waals surface area (Å²) in [6, 6.07) is 7.72. The van der Waals surface area contributed by atoms with Gasteiger partial charge < -0.3 is 10.6 Å². The summed E-state index contributed by atoms with van der Waals surface area (Å²) in [6.45, 7) is 4.90. The molecule has 0 atom stereocenters. The standard InChI is InChI=1S/C16H17ClN6/c1-3-7-18-16-21-14(13-10-20-23(2)15(13)22-16)19-9-11-5-4-6-12(17)8-11/h3-6,8,10H,1,7,9H2,2H3,(H2,18,19,21,22). The fourth-order valence-electron chi connectivity index (χ4n) is 2.23. The van der Waals surface area contributed by atoms with E-state index in [2.05, 4.69) is 32.3 Å². The van der Waals surface area contributed by atoms with Crippen LogP contribution in [0, 0.1) is 0 Å². The molecule has 0 bridgehead atoms. The lowest BCUT2D eigenvalue weighted by molar-refractivity contribution is 0.785. The van der Waals surface area contributed by atoms with Gasteiger partial charge in [0.2, 0.25) is 5.95 Å². The molecule has 0 saturated heterocycles. The summed E-state index contributed by atoms with van der Waals surface area (Å²) >= 11 is 6.02. The molecule has 2 N–H and O–H groups in total. The number of halogens is 1. The highest BCUT2D eigenvalue weighted by atomic mass is 35.5. The lowest BCUT2D eigenvalue weighted by Gasteiger charge is -2.10. The van der Waals surface area contributed by atoms with Crippen LogP contribution in [0.5, 0.6) is 0 Å². The van der Waals surface area contributed by atoms with Crippen LogP contribution in [0.1, 0.15) is 5.56 Å². The molecule has 2 heterocycles. The van der Waals surface area contributed by atoms with Gasteiger partial charge in [0.1, 0.15) is 5.82 Å². The van der Waals surface area contributed by atoms with Gasteiger partial charge >= 0.3 is 0 Å². The summed E-state index contributed by atoms with van der Waals surface area (Å²) in [5, 5.41) is 12.3. The highest BCUT2D eigenvalue weighted by Gasteiger charge is 2.11. The van der Waals surface area contributed by atoms with Gasteiger partial charge in [-0.3, -0.25) is 4.68 Å². The summed E-state index contributed by atoms with van der Waals surface area (Å²) in [4.78, 5) is 8.99. The van der Waals surface area contributed by atoms with Crippen molar-refractivity contribution < 1.29 is 0 Å². The predicted molar refractivity (Wildman–Crippen MR) is 93.8 cm³/mol. The van der Waals surface area contributed by atoms with Crippen molar-refractivity contribution >= 4 is 34.4 Å². The van der Waals surface area contributed by atoms with Crippen molar-refractivity contribution in [2.45, 2.75) is 6.54 Å². The number of hydrogen-bond donors (Lipinski definition) is 2. The zero-order valence-electron chi connectivity index (χ0n) is 12.8. The minimum Gasteiger partial charge on any atom is -0.365 e. The van der Waals surface area contributed by atoms with E-state index in [0.717, 1.165) is 22.4 Å². The monoisotopic (exact) mass is 328 g/mol. The molecule has 0 amide bonds. The third-order valence-corrected chi connectivity index (χ3v) is 3.58. The Balaban J connectivity index is 1.90. The molecule has 1 aromatic carbocycles. The molecule has 23 heavy (non-hydrogen) atoms. The molecular formula is C16H17ClN6. The minimum absolute atomic E-state index is 0.537. The Kier molecular flexibility index (Phi) is 4.43. The maximum Gasteiger partial charge on any atom is 0.226 e. The average Bonchev–Trinajstić information content (AvgIpc) is 2.92. The minimum atomic E-state index is 0.537. The molecule has 0 aliphatic carbocycles. The summed E-state index contributed by atoms with van der Waals surface area (Å²) < 4.78 is 1.72. The first-order valence-corrected chi connectivity index (χ1v) is 7.58. The lowest BCUT2D eigenvalue weighted by atomic mass is 10.2. The predicted octanol–water partition coefficient (Wildman–Crippen LogP) is 3.23. The molecule has 3 aromatic rings. The van der Waals surface area contributed by atoms with Gasteiger partial charge in [0.05, 0.1) is 11.6 Å². The third kappa shape index (κ3) is 3.43. The molecule has 2 aromatic heterocycles. The molecule has 0 fully saturated rings. The van der Waals surface area contributed by atoms with Crippen molar-refractivity contribution in [3.63, 3.8) is 0 Å². The quantitative estimate of drug-likeness (QED) is 0.680. The van der Waals surface area contributed by atoms with Gasteiger partial charge in [-0.1, -0.05) is 29.8 Å². The van der Waals surface area contributed by atoms with Crippen LogP contribution in [0.25, 0.3) is 11.0 Å². The Labute approximate surface area is 139 Å². The Hall–Kier alpha value is -2.60. The molecule has 0 saturated carbocycles. The van der Waals surface area contributed by atoms with Crippen LogP contribution in [0.4, 0.5) is 11.8 Å². The summed E-state index contributed by atoms with van der Waals surface area (Å²) in [7, 11) is 1.85. The van der Waals surface area contributed by atoms with Gasteiger partial charge in [-0.2, -0.15) is 15.1 Å². The lowest BCUT2D eigenvalue weighted by Crippen LogP contribution is -2.08. The normalized spacial score (nSPS) is 10.7. The molecule has 0 aliphatic rings. The Morgan fingerprint density at radius 3 is 2.96 bits per heavy atom. The van der Waals surface area contributed by atoms with E-state index in [1.807, 2.05) is 31.3 Å². The summed E-state index contributed by atoms with van der Waals surface area (Å²) in [6.07, 6.45) is 3.52. The second-order valence-corrected chi connectivity index (χ2v) is 5.49. The van der Waals surface area contributed by atoms with E-state index in [-0.39, 0.29) is 0 Å². The number of nitrogens with zero attached hydrogens (tertiary/aromatic N) is 4. The number of benzene rings is 1. The van der Waals surface area contributed by atoms with Gasteiger partial charge in [-0.25, -0.2) is 0 Å². The number of aryl methyl sites for hydroxylation is 1. The Morgan fingerprint density at radius 2 is 2.17 bits per heavy atom. The zero-order chi connectivity index (χ0) is 16.2. The molecule has 0 spiro atoms. The molecular weight excluding hydrogens is 312 g/mol. The van der Waals surface area contributed by atoms with E-state index < -0.39 is 0 Å². The smallest absolute Gasteiger partial charge is 0.226 e. The number of rotatable bonds is 6. The topological polar surface area (TPSA) is 67.7 Å². The van der Waals surface area contributed by atoms with Crippen LogP contribution < -0.4 is 10.6 Å². The first kappa shape index (κ1) is 15.3. The second kappa shape index (κ2) is 6.66. The first-order valence-electron chi connectivity index (χ1n) is 7.20. The highest BCUT2D eigenvalue weighted by molar-refractivity contribution is 6.30. The van der Waals surface area contributed by atoms with E-state index in [9.17, 15) is 0 Å². The van der Waals surface area contributed by atoms with Crippen molar-refractivity contribution in [1.29, 1.82) is 0 Å². The number of anilines is 2. The molecule has 7 heteroatoms. The van der Waals surface area contributed by atoms with Crippen molar-refractivity contribution in [2.24, 2.45) is 7.05 Å². The first-order chi connectivity index (χ1) is 11.2. The number of hydrogen-bond acceptors (Lipinski definition) is 5. The van der Waals surface area contributed by atoms with Crippen molar-refractivity contribution in [3.05, 3.63) is 53.7 Å². The maximum absolute atomic E-state index is 6.02. The highest BCUT2D eigenvalue weighted by Crippen LogP contribution is 2.22. The van der Waals surface area contributed by atoms with Crippen LogP contribution in [-0.4, -0.2) is 26.3 Å². The summed E-state index contributed by atoms with van der Waals surface area (Å²) in [5.41, 5.74) is 1.84. The fraction of sp³-hybridized carbons (Fsp3) is 0.188. The van der Waals surface area contributed by atoms with Crippen LogP contribution in [-0.2, 0) is 13.6 Å². The Bertz CT molecular complexity index is 842. The maximum atomic E-state index is 6.02. The number of fused-ring (bicyclic) bond motifs is 1. The van der Waals surface area contributed by atoms with E-state index >= 15 is 0 Å². The third-order valence-electron chi connectivity index (χ3n) is 3.35. The molecule has 0 unspecified atom stereocenters. The SMILES string of the molecule is C=CCNc1nc(NCc2cccc(Cl)c2)c2cnn(C)c2n1. The van der Waals surface area contributed by atoms with Crippen LogP contribution in [0.15, 0.2) is 43.1 Å². The van der Waals surface area contributed by atoms with E-state index in [1.54, 1.807) is 17.0 Å². The van der Waals surface area contributed by atoms with Crippen LogP contribution in [0.2, 0.25) is 5.02 Å². The molecule has 6 nitrogen and oxygen atoms in total. The van der Waals surface area contributed by atoms with Crippen molar-refractivity contribution in [1.82, 2.24) is 19.7 Å². The van der Waals surface area contributed by atoms with E-state index in [1.165, 1.54) is 0 Å². The molecule has 118 valence electrons. The van der Waals surface area contributed by atoms with Gasteiger partial charge in [0.25, 0.3) is 0 Å². The zero-order valence-corrected chi connectivity index (χ0v) is 13.5. The average molecular weight is 329 g/mol. The second-order valence-electron chi connectivity index (χ2n) is 5.05. The summed E-state index contributed by atoms with van der Waals surface area (Å²) in [5.74, 6) is 1.27. The Morgan fingerprint density at radius 1 is 1.30 bits per heavy atom. The fourth-order valence-corrected chi connectivity index (χ4v) is 2.45. The van der Waals surface area contributed by atoms with Gasteiger partial charge in [0.15, 0.2) is 5.65 Å². The van der Waals surface area contributed by atoms with Crippen molar-refractivity contribution in [2.75, 3.05) is 17.2 Å². The van der Waals surface area contributed by atoms with Gasteiger partial charge in [-0.05, 0) is 17.7 Å². The van der Waals surface area contributed by atoms with Gasteiger partial charge in [0, 0.05) is 25.2 Å². The molecule has 0 aliphatic heterocycles. The number of nitrogens with one attached hydrogen (secondary N) is 2. The van der Waals surface area contributed by atoms with E-state index in [4.69, 9.17) is 11.6 Å². The molecule has 0 radical (unpaired) electrons. The largest absolute Gasteiger partial charge is 0.365 e.